The molecule has 3 atom stereocenters. The molecule has 0 aromatic rings. The molecule has 0 rings (SSSR count). The maximum Gasteiger partial charge on any atom is 0.472 e. The van der Waals surface area contributed by atoms with Gasteiger partial charge in [0, 0.05) is 12.8 Å². The van der Waals surface area contributed by atoms with Gasteiger partial charge in [0.25, 0.3) is 0 Å². The Morgan fingerprint density at radius 3 is 1.19 bits per heavy atom. The Balaban J connectivity index is 4.95. The summed E-state index contributed by atoms with van der Waals surface area (Å²) >= 11 is 0. The molecule has 0 aromatic heterocycles. The van der Waals surface area contributed by atoms with Gasteiger partial charge >= 0.3 is 25.7 Å². The zero-order valence-corrected chi connectivity index (χ0v) is 45.2. The van der Waals surface area contributed by atoms with Crippen molar-refractivity contribution in [1.29, 1.82) is 0 Å². The zero-order valence-electron chi connectivity index (χ0n) is 44.3. The smallest absolute Gasteiger partial charge is 0.461 e. The molecule has 0 aliphatic heterocycles. The molecule has 0 bridgehead atoms. The summed E-state index contributed by atoms with van der Waals surface area (Å²) in [4.78, 5) is 48.3. The first-order valence-electron chi connectivity index (χ1n) is 26.7. The van der Waals surface area contributed by atoms with Crippen molar-refractivity contribution in [2.75, 3.05) is 26.4 Å². The van der Waals surface area contributed by atoms with Gasteiger partial charge in [-0.15, -0.1) is 0 Å². The van der Waals surface area contributed by atoms with Gasteiger partial charge in [-0.05, 0) is 103 Å². The maximum atomic E-state index is 12.9. The van der Waals surface area contributed by atoms with Crippen molar-refractivity contribution in [2.45, 2.75) is 187 Å². The fourth-order valence-corrected chi connectivity index (χ4v) is 7.12. The van der Waals surface area contributed by atoms with Gasteiger partial charge in [-0.1, -0.05) is 199 Å². The van der Waals surface area contributed by atoms with E-state index in [-0.39, 0.29) is 19.3 Å². The Kier molecular flexibility index (Phi) is 49.3. The van der Waals surface area contributed by atoms with E-state index in [0.717, 1.165) is 116 Å². The topological polar surface area (TPSA) is 155 Å². The van der Waals surface area contributed by atoms with Gasteiger partial charge in [-0.25, -0.2) is 4.57 Å². The van der Waals surface area contributed by atoms with Crippen molar-refractivity contribution >= 4 is 25.7 Å². The summed E-state index contributed by atoms with van der Waals surface area (Å²) < 4.78 is 39.2. The second-order valence-electron chi connectivity index (χ2n) is 16.9. The fourth-order valence-electron chi connectivity index (χ4n) is 6.34. The van der Waals surface area contributed by atoms with E-state index in [0.29, 0.717) is 19.3 Å². The molecular weight excluding hydrogens is 928 g/mol. The second-order valence-corrected chi connectivity index (χ2v) is 18.4. The number of hydrogen-bond acceptors (Lipinski definition) is 10. The van der Waals surface area contributed by atoms with Crippen LogP contribution in [0.1, 0.15) is 175 Å². The van der Waals surface area contributed by atoms with Crippen LogP contribution in [-0.2, 0) is 42.2 Å². The normalized spacial score (nSPS) is 14.6. The number of rotatable bonds is 47. The average Bonchev–Trinajstić information content (AvgIpc) is 3.37. The standard InChI is InChI=1S/C60H93O11P/c1-4-7-10-13-16-19-22-25-27-28-30-33-36-39-42-45-48-51-60(64)71-57(53-67-58(62)49-46-43-40-37-34-32-29-26-23-20-17-14-11-8-5-2)55-69-72(65,66)68-54-56(52-61)70-59(63)50-47-44-41-38-35-31-24-21-18-15-12-9-6-3/h7-12,16-21,25-27,29,31,34-35,37,41,43-44,46,56-57,61H,4-6,13-15,22-24,28,30,32-33,36,38-40,42,45,47-55H2,1-3H3,(H,65,66)/b10-7-,11-8-,12-9-,19-16-,20-17-,21-18-,27-25-,29-26-,35-31-,37-34-,44-41-,46-43-. The lowest BCUT2D eigenvalue weighted by Crippen LogP contribution is -2.30. The number of allylic oxidation sites excluding steroid dienone is 23. The Hall–Kier alpha value is -4.64. The van der Waals surface area contributed by atoms with Crippen LogP contribution < -0.4 is 0 Å². The number of carbonyl (C=O) groups is 3. The lowest BCUT2D eigenvalue weighted by Gasteiger charge is -2.21. The molecule has 0 saturated carbocycles. The van der Waals surface area contributed by atoms with Crippen molar-refractivity contribution in [1.82, 2.24) is 0 Å². The molecule has 404 valence electrons. The van der Waals surface area contributed by atoms with E-state index >= 15 is 0 Å². The van der Waals surface area contributed by atoms with E-state index in [9.17, 15) is 28.9 Å². The average molecular weight is 1020 g/mol. The molecule has 0 radical (unpaired) electrons. The van der Waals surface area contributed by atoms with Crippen molar-refractivity contribution in [2.24, 2.45) is 0 Å². The minimum atomic E-state index is -4.79. The van der Waals surface area contributed by atoms with Gasteiger partial charge in [-0.3, -0.25) is 23.4 Å². The number of ether oxygens (including phenoxy) is 3. The fraction of sp³-hybridized carbons (Fsp3) is 0.550. The van der Waals surface area contributed by atoms with Crippen molar-refractivity contribution in [3.63, 3.8) is 0 Å². The molecule has 0 saturated heterocycles. The van der Waals surface area contributed by atoms with Crippen molar-refractivity contribution in [3.8, 4) is 0 Å². The molecule has 0 aromatic carbocycles. The van der Waals surface area contributed by atoms with E-state index in [2.05, 4.69) is 130 Å². The quantitative estimate of drug-likeness (QED) is 0.0197. The SMILES string of the molecule is CC/C=C\C/C=C\C/C=C\C/C=C\C/C=C\CC(=O)OCC(COP(=O)(O)OCC(CO)OC(=O)CC/C=C\C/C=C\C/C=C\C/C=C\CC)OC(=O)CCCCCCCCC/C=C\C/C=C\C/C=C\CC. The number of phosphoric ester groups is 1. The molecule has 0 amide bonds. The Labute approximate surface area is 435 Å². The second kappa shape index (κ2) is 52.7. The highest BCUT2D eigenvalue weighted by atomic mass is 31.2. The van der Waals surface area contributed by atoms with Crippen molar-refractivity contribution < 1.29 is 52.2 Å². The first kappa shape index (κ1) is 67.4. The highest BCUT2D eigenvalue weighted by molar-refractivity contribution is 7.47. The molecule has 12 heteroatoms. The molecule has 0 fully saturated rings. The molecule has 3 unspecified atom stereocenters. The third kappa shape index (κ3) is 50.3. The summed E-state index contributed by atoms with van der Waals surface area (Å²) in [5.41, 5.74) is 0. The van der Waals surface area contributed by atoms with Gasteiger partial charge in [0.2, 0.25) is 0 Å². The van der Waals surface area contributed by atoms with E-state index in [4.69, 9.17) is 23.3 Å². The van der Waals surface area contributed by atoms with Crippen LogP contribution in [0.5, 0.6) is 0 Å². The highest BCUT2D eigenvalue weighted by Gasteiger charge is 2.28. The van der Waals surface area contributed by atoms with Crippen LogP contribution >= 0.6 is 7.82 Å². The zero-order chi connectivity index (χ0) is 52.7. The van der Waals surface area contributed by atoms with Crippen LogP contribution in [0.15, 0.2) is 146 Å². The Morgan fingerprint density at radius 2 is 0.750 bits per heavy atom. The molecule has 0 heterocycles. The predicted octanol–water partition coefficient (Wildman–Crippen LogP) is 15.6. The molecular formula is C60H93O11P. The van der Waals surface area contributed by atoms with Crippen LogP contribution in [0.2, 0.25) is 0 Å². The largest absolute Gasteiger partial charge is 0.472 e. The summed E-state index contributed by atoms with van der Waals surface area (Å²) in [5.74, 6) is -1.74. The van der Waals surface area contributed by atoms with Gasteiger partial charge < -0.3 is 24.2 Å². The number of phosphoric acid groups is 1. The number of aliphatic hydroxyl groups is 1. The predicted molar refractivity (Wildman–Crippen MR) is 297 cm³/mol. The number of unbranched alkanes of at least 4 members (excludes halogenated alkanes) is 7. The summed E-state index contributed by atoms with van der Waals surface area (Å²) in [7, 11) is -4.79. The van der Waals surface area contributed by atoms with Gasteiger partial charge in [0.1, 0.15) is 12.7 Å². The molecule has 2 N–H and O–H groups in total. The Bertz CT molecular complexity index is 1760. The third-order valence-corrected chi connectivity index (χ3v) is 11.2. The lowest BCUT2D eigenvalue weighted by molar-refractivity contribution is -0.161. The van der Waals surface area contributed by atoms with Crippen LogP contribution in [0, 0.1) is 0 Å². The first-order valence-corrected chi connectivity index (χ1v) is 28.2. The number of esters is 3. The van der Waals surface area contributed by atoms with E-state index < -0.39 is 64.4 Å². The van der Waals surface area contributed by atoms with Crippen LogP contribution in [0.4, 0.5) is 0 Å². The molecule has 72 heavy (non-hydrogen) atoms. The van der Waals surface area contributed by atoms with Crippen LogP contribution in [0.25, 0.3) is 0 Å². The van der Waals surface area contributed by atoms with Gasteiger partial charge in [0.05, 0.1) is 26.2 Å². The molecule has 0 aliphatic rings. The molecule has 0 aliphatic carbocycles. The molecule has 0 spiro atoms. The van der Waals surface area contributed by atoms with Gasteiger partial charge in [-0.2, -0.15) is 0 Å². The summed E-state index contributed by atoms with van der Waals surface area (Å²) in [5, 5.41) is 9.77. The van der Waals surface area contributed by atoms with E-state index in [1.165, 1.54) is 0 Å². The number of carbonyl (C=O) groups excluding carboxylic acids is 3. The number of hydrogen-bond donors (Lipinski definition) is 2. The minimum absolute atomic E-state index is 0.0207. The summed E-state index contributed by atoms with van der Waals surface area (Å²) in [6, 6.07) is 0. The lowest BCUT2D eigenvalue weighted by atomic mass is 10.1. The summed E-state index contributed by atoms with van der Waals surface area (Å²) in [6.07, 6.45) is 67.2. The summed E-state index contributed by atoms with van der Waals surface area (Å²) in [6.45, 7) is 4.06. The van der Waals surface area contributed by atoms with Crippen molar-refractivity contribution in [3.05, 3.63) is 146 Å². The number of aliphatic hydroxyl groups excluding tert-OH is 1. The van der Waals surface area contributed by atoms with E-state index in [1.54, 1.807) is 6.08 Å². The highest BCUT2D eigenvalue weighted by Crippen LogP contribution is 2.43. The van der Waals surface area contributed by atoms with Crippen LogP contribution in [0.3, 0.4) is 0 Å². The minimum Gasteiger partial charge on any atom is -0.461 e. The molecule has 11 nitrogen and oxygen atoms in total. The van der Waals surface area contributed by atoms with Gasteiger partial charge in [0.15, 0.2) is 6.10 Å². The van der Waals surface area contributed by atoms with E-state index in [1.807, 2.05) is 30.4 Å². The monoisotopic (exact) mass is 1020 g/mol. The Morgan fingerprint density at radius 1 is 0.403 bits per heavy atom. The van der Waals surface area contributed by atoms with Crippen LogP contribution in [-0.4, -0.2) is 66.5 Å². The maximum absolute atomic E-state index is 12.9. The first-order chi connectivity index (χ1) is 35.2. The third-order valence-electron chi connectivity index (χ3n) is 10.3.